The Labute approximate surface area is 130 Å². The van der Waals surface area contributed by atoms with Gasteiger partial charge in [0.1, 0.15) is 5.82 Å². The van der Waals surface area contributed by atoms with Crippen LogP contribution in [0.5, 0.6) is 0 Å². The van der Waals surface area contributed by atoms with Gasteiger partial charge in [0.05, 0.1) is 16.5 Å². The number of hydrogen-bond acceptors (Lipinski definition) is 4. The summed E-state index contributed by atoms with van der Waals surface area (Å²) >= 11 is 2.08. The molecule has 0 unspecified atom stereocenters. The van der Waals surface area contributed by atoms with Crippen LogP contribution in [0.3, 0.4) is 0 Å². The maximum absolute atomic E-state index is 12.3. The van der Waals surface area contributed by atoms with E-state index in [1.165, 1.54) is 6.07 Å². The fourth-order valence-corrected chi connectivity index (χ4v) is 3.19. The van der Waals surface area contributed by atoms with Crippen LogP contribution in [-0.2, 0) is 10.0 Å². The van der Waals surface area contributed by atoms with Gasteiger partial charge < -0.3 is 0 Å². The number of hydrogen-bond donors (Lipinski definition) is 1. The maximum Gasteiger partial charge on any atom is 0.263 e. The first kappa shape index (κ1) is 14.7. The summed E-state index contributed by atoms with van der Waals surface area (Å²) < 4.78 is 27.9. The molecule has 0 aliphatic carbocycles. The van der Waals surface area contributed by atoms with Crippen LogP contribution in [-0.4, -0.2) is 13.4 Å². The molecule has 1 aromatic heterocycles. The summed E-state index contributed by atoms with van der Waals surface area (Å²) in [5.41, 5.74) is 0.869. The number of anilines is 1. The zero-order valence-corrected chi connectivity index (χ0v) is 13.4. The SMILES string of the molecule is Cc1ccc(C#N)cc1S(=O)(=O)Nc1ccc(I)cn1. The zero-order chi connectivity index (χ0) is 14.8. The molecule has 20 heavy (non-hydrogen) atoms. The molecule has 1 heterocycles. The summed E-state index contributed by atoms with van der Waals surface area (Å²) in [6.45, 7) is 1.68. The monoisotopic (exact) mass is 399 g/mol. The fourth-order valence-electron chi connectivity index (χ4n) is 1.59. The van der Waals surface area contributed by atoms with Gasteiger partial charge in [0, 0.05) is 9.77 Å². The number of benzene rings is 1. The topological polar surface area (TPSA) is 82.8 Å². The Hall–Kier alpha value is -1.66. The third-order valence-electron chi connectivity index (χ3n) is 2.57. The number of nitrogens with zero attached hydrogens (tertiary/aromatic N) is 2. The highest BCUT2D eigenvalue weighted by Gasteiger charge is 2.18. The molecule has 1 N–H and O–H groups in total. The van der Waals surface area contributed by atoms with E-state index >= 15 is 0 Å². The normalized spacial score (nSPS) is 10.8. The quantitative estimate of drug-likeness (QED) is 0.805. The highest BCUT2D eigenvalue weighted by Crippen LogP contribution is 2.20. The number of halogens is 1. The first-order chi connectivity index (χ1) is 9.42. The fraction of sp³-hybridized carbons (Fsp3) is 0.0769. The molecule has 0 amide bonds. The van der Waals surface area contributed by atoms with Crippen LogP contribution in [0.4, 0.5) is 5.82 Å². The molecule has 0 aliphatic rings. The van der Waals surface area contributed by atoms with Crippen LogP contribution >= 0.6 is 22.6 Å². The van der Waals surface area contributed by atoms with Gasteiger partial charge in [-0.25, -0.2) is 13.4 Å². The number of aromatic nitrogens is 1. The molecule has 0 bridgehead atoms. The minimum Gasteiger partial charge on any atom is -0.263 e. The molecular formula is C13H10IN3O2S. The van der Waals surface area contributed by atoms with Crippen LogP contribution in [0.25, 0.3) is 0 Å². The number of nitrogens with one attached hydrogen (secondary N) is 1. The van der Waals surface area contributed by atoms with Gasteiger partial charge in [0.15, 0.2) is 0 Å². The van der Waals surface area contributed by atoms with E-state index in [0.29, 0.717) is 11.1 Å². The van der Waals surface area contributed by atoms with Crippen LogP contribution in [0, 0.1) is 21.8 Å². The smallest absolute Gasteiger partial charge is 0.263 e. The molecule has 0 radical (unpaired) electrons. The number of rotatable bonds is 3. The molecule has 0 saturated carbocycles. The molecule has 7 heteroatoms. The Morgan fingerprint density at radius 3 is 2.65 bits per heavy atom. The van der Waals surface area contributed by atoms with Gasteiger partial charge in [0.25, 0.3) is 10.0 Å². The van der Waals surface area contributed by atoms with E-state index in [4.69, 9.17) is 5.26 Å². The lowest BCUT2D eigenvalue weighted by atomic mass is 10.2. The Morgan fingerprint density at radius 1 is 1.30 bits per heavy atom. The highest BCUT2D eigenvalue weighted by atomic mass is 127. The van der Waals surface area contributed by atoms with Gasteiger partial charge in [-0.15, -0.1) is 0 Å². The van der Waals surface area contributed by atoms with E-state index in [1.807, 2.05) is 6.07 Å². The van der Waals surface area contributed by atoms with Crippen molar-refractivity contribution in [3.8, 4) is 6.07 Å². The van der Waals surface area contributed by atoms with Crippen molar-refractivity contribution in [3.05, 3.63) is 51.2 Å². The summed E-state index contributed by atoms with van der Waals surface area (Å²) in [5, 5.41) is 8.86. The summed E-state index contributed by atoms with van der Waals surface area (Å²) in [4.78, 5) is 4.08. The van der Waals surface area contributed by atoms with Gasteiger partial charge in [-0.1, -0.05) is 6.07 Å². The van der Waals surface area contributed by atoms with E-state index < -0.39 is 10.0 Å². The van der Waals surface area contributed by atoms with Crippen molar-refractivity contribution in [1.82, 2.24) is 4.98 Å². The van der Waals surface area contributed by atoms with Crippen molar-refractivity contribution in [3.63, 3.8) is 0 Å². The Balaban J connectivity index is 2.40. The van der Waals surface area contributed by atoms with Crippen molar-refractivity contribution in [2.24, 2.45) is 0 Å². The lowest BCUT2D eigenvalue weighted by Crippen LogP contribution is -2.15. The summed E-state index contributed by atoms with van der Waals surface area (Å²) in [5.74, 6) is 0.243. The minimum atomic E-state index is -3.76. The molecular weight excluding hydrogens is 389 g/mol. The van der Waals surface area contributed by atoms with E-state index in [-0.39, 0.29) is 10.7 Å². The average Bonchev–Trinajstić information content (AvgIpc) is 2.41. The van der Waals surface area contributed by atoms with Gasteiger partial charge in [-0.05, 0) is 59.3 Å². The van der Waals surface area contributed by atoms with Crippen molar-refractivity contribution in [2.75, 3.05) is 4.72 Å². The minimum absolute atomic E-state index is 0.0805. The third-order valence-corrected chi connectivity index (χ3v) is 4.71. The molecule has 0 saturated heterocycles. The number of nitriles is 1. The van der Waals surface area contributed by atoms with E-state index in [9.17, 15) is 8.42 Å². The number of sulfonamides is 1. The molecule has 102 valence electrons. The summed E-state index contributed by atoms with van der Waals surface area (Å²) in [6.07, 6.45) is 1.57. The van der Waals surface area contributed by atoms with Gasteiger partial charge in [-0.2, -0.15) is 5.26 Å². The Kier molecular flexibility index (Phi) is 4.25. The predicted molar refractivity (Wildman–Crippen MR) is 83.7 cm³/mol. The Morgan fingerprint density at radius 2 is 2.05 bits per heavy atom. The third kappa shape index (κ3) is 3.26. The van der Waals surface area contributed by atoms with Gasteiger partial charge in [0.2, 0.25) is 0 Å². The zero-order valence-electron chi connectivity index (χ0n) is 10.5. The van der Waals surface area contributed by atoms with Gasteiger partial charge >= 0.3 is 0 Å². The van der Waals surface area contributed by atoms with Gasteiger partial charge in [-0.3, -0.25) is 4.72 Å². The Bertz CT molecular complexity index is 780. The average molecular weight is 399 g/mol. The predicted octanol–water partition coefficient (Wildman–Crippen LogP) is 2.67. The van der Waals surface area contributed by atoms with Crippen LogP contribution in [0.2, 0.25) is 0 Å². The first-order valence-corrected chi connectivity index (χ1v) is 8.14. The summed E-state index contributed by atoms with van der Waals surface area (Å²) in [6, 6.07) is 9.81. The molecule has 2 rings (SSSR count). The molecule has 0 atom stereocenters. The van der Waals surface area contributed by atoms with Crippen LogP contribution in [0.1, 0.15) is 11.1 Å². The number of aryl methyl sites for hydroxylation is 1. The van der Waals surface area contributed by atoms with E-state index in [2.05, 4.69) is 32.3 Å². The standard InChI is InChI=1S/C13H10IN3O2S/c1-9-2-3-10(7-15)6-12(9)20(18,19)17-13-5-4-11(14)8-16-13/h2-6,8H,1H3,(H,16,17). The van der Waals surface area contributed by atoms with Crippen molar-refractivity contribution in [1.29, 1.82) is 5.26 Å². The maximum atomic E-state index is 12.3. The molecule has 0 aliphatic heterocycles. The van der Waals surface area contributed by atoms with Crippen molar-refractivity contribution in [2.45, 2.75) is 11.8 Å². The largest absolute Gasteiger partial charge is 0.263 e. The second-order valence-electron chi connectivity index (χ2n) is 4.06. The lowest BCUT2D eigenvalue weighted by molar-refractivity contribution is 0.600. The summed E-state index contributed by atoms with van der Waals surface area (Å²) in [7, 11) is -3.76. The molecule has 2 aromatic rings. The molecule has 0 spiro atoms. The van der Waals surface area contributed by atoms with Crippen LogP contribution < -0.4 is 4.72 Å². The second kappa shape index (κ2) is 5.76. The van der Waals surface area contributed by atoms with Crippen molar-refractivity contribution >= 4 is 38.4 Å². The molecule has 5 nitrogen and oxygen atoms in total. The van der Waals surface area contributed by atoms with E-state index in [1.54, 1.807) is 37.4 Å². The molecule has 1 aromatic carbocycles. The van der Waals surface area contributed by atoms with Crippen LogP contribution in [0.15, 0.2) is 41.4 Å². The lowest BCUT2D eigenvalue weighted by Gasteiger charge is -2.10. The van der Waals surface area contributed by atoms with E-state index in [0.717, 1.165) is 3.57 Å². The highest BCUT2D eigenvalue weighted by molar-refractivity contribution is 14.1. The number of pyridine rings is 1. The molecule has 0 fully saturated rings. The van der Waals surface area contributed by atoms with Crippen molar-refractivity contribution < 1.29 is 8.42 Å². The first-order valence-electron chi connectivity index (χ1n) is 5.57. The second-order valence-corrected chi connectivity index (χ2v) is 6.96.